The lowest BCUT2D eigenvalue weighted by molar-refractivity contribution is 0.144. The molecule has 0 saturated heterocycles. The molecule has 8 N–H and O–H groups in total. The van der Waals surface area contributed by atoms with Gasteiger partial charge >= 0.3 is 0 Å². The van der Waals surface area contributed by atoms with E-state index in [1.54, 1.807) is 0 Å². The lowest BCUT2D eigenvalue weighted by Crippen LogP contribution is -2.36. The minimum absolute atomic E-state index is 0.0113. The van der Waals surface area contributed by atoms with Crippen LogP contribution in [0.5, 0.6) is 23.0 Å². The summed E-state index contributed by atoms with van der Waals surface area (Å²) in [5.74, 6) is -0.0450. The van der Waals surface area contributed by atoms with Gasteiger partial charge in [-0.1, -0.05) is 0 Å². The van der Waals surface area contributed by atoms with E-state index in [0.717, 1.165) is 17.2 Å². The fourth-order valence-electron chi connectivity index (χ4n) is 9.90. The quantitative estimate of drug-likeness (QED) is 0.0204. The third-order valence-electron chi connectivity index (χ3n) is 13.9. The van der Waals surface area contributed by atoms with Crippen molar-refractivity contribution in [3.05, 3.63) is 93.0 Å². The molecule has 32 heteroatoms. The number of aliphatic hydroxyl groups excluding tert-OH is 8. The Morgan fingerprint density at radius 1 is 0.284 bits per heavy atom. The number of nitrogens with zero attached hydrogens (tertiary/aromatic N) is 4. The largest absolute Gasteiger partial charge is 0.491 e. The van der Waals surface area contributed by atoms with E-state index in [0.29, 0.717) is 0 Å². The Kier molecular flexibility index (Phi) is 30.0. The predicted molar refractivity (Wildman–Crippen MR) is 318 cm³/mol. The van der Waals surface area contributed by atoms with Crippen LogP contribution in [0.3, 0.4) is 0 Å². The number of methoxy groups -OCH3 is 4. The molecule has 0 heterocycles. The summed E-state index contributed by atoms with van der Waals surface area (Å²) in [4.78, 5) is -1.71. The molecule has 1 aliphatic carbocycles. The summed E-state index contributed by atoms with van der Waals surface area (Å²) in [6.45, 7) is -10.0. The summed E-state index contributed by atoms with van der Waals surface area (Å²) in [6, 6.07) is 10.0. The average Bonchev–Trinajstić information content (AvgIpc) is 1.38. The van der Waals surface area contributed by atoms with Crippen molar-refractivity contribution in [1.82, 2.24) is 17.2 Å². The number of benzene rings is 4. The third kappa shape index (κ3) is 18.7. The Bertz CT molecular complexity index is 2790. The van der Waals surface area contributed by atoms with Crippen molar-refractivity contribution in [2.45, 2.75) is 45.3 Å². The van der Waals surface area contributed by atoms with Crippen LogP contribution in [0.1, 0.15) is 44.5 Å². The first kappa shape index (κ1) is 74.0. The summed E-state index contributed by atoms with van der Waals surface area (Å²) < 4.78 is 172. The second-order valence-electron chi connectivity index (χ2n) is 19.8. The Hall–Kier alpha value is -4.76. The number of fused-ring (bicyclic) bond motifs is 8. The number of sulfonamides is 4. The van der Waals surface area contributed by atoms with Crippen LogP contribution in [0.15, 0.2) is 68.1 Å². The Morgan fingerprint density at radius 2 is 0.432 bits per heavy atom. The van der Waals surface area contributed by atoms with Crippen molar-refractivity contribution < 1.29 is 112 Å². The highest BCUT2D eigenvalue weighted by Crippen LogP contribution is 2.43. The number of aliphatic hydroxyl groups is 8. The molecule has 0 unspecified atom stereocenters. The van der Waals surface area contributed by atoms with Gasteiger partial charge in [0.15, 0.2) is 0 Å². The standard InChI is InChI=1S/C56H84N4O24S4/c1-77-21-25-81-53-41-29-43-35-50(86(71,72)58(7-15-63)8-16-64)37-45(54(43)82-26-22-78-2)31-47-39-52(88(75,76)60(11-19-67)12-20-68)40-48(56(47)84-28-24-80-4)32-46-38-51(87(73,74)59(9-17-65)10-18-66)36-44(55(46)83-27-23-79-3)30-42(53)34-49(33-41)85(69,70)57(5-13-61)6-14-62/h33-40,61-68H,5-32H2,1-4H3. The van der Waals surface area contributed by atoms with Crippen LogP contribution in [-0.4, -0.2) is 278 Å². The highest BCUT2D eigenvalue weighted by Gasteiger charge is 2.35. The maximum atomic E-state index is 15.0. The molecule has 5 rings (SSSR count). The Labute approximate surface area is 515 Å². The molecule has 0 spiro atoms. The molecule has 0 amide bonds. The molecule has 0 aliphatic heterocycles. The van der Waals surface area contributed by atoms with Crippen molar-refractivity contribution in [1.29, 1.82) is 0 Å². The molecule has 28 nitrogen and oxygen atoms in total. The SMILES string of the molecule is COCCOc1c2cc(S(=O)(=O)N(CCO)CCO)cc1Cc1cc(S(=O)(=O)N(CCO)CCO)cc(c1OCCOC)Cc1cc(S(=O)(=O)N(CCO)CCO)cc(c1OCCOC)Cc1cc(S(=O)(=O)N(CCO)CCO)cc(c1OCCOC)C2. The first-order chi connectivity index (χ1) is 42.2. The van der Waals surface area contributed by atoms with Gasteiger partial charge in [0.25, 0.3) is 0 Å². The van der Waals surface area contributed by atoms with Gasteiger partial charge in [0.2, 0.25) is 40.1 Å². The van der Waals surface area contributed by atoms with Crippen LogP contribution in [0.4, 0.5) is 0 Å². The monoisotopic (exact) mass is 1320 g/mol. The van der Waals surface area contributed by atoms with Crippen molar-refractivity contribution >= 4 is 40.1 Å². The molecule has 1 aliphatic rings. The topological polar surface area (TPSA) is 385 Å². The highest BCUT2D eigenvalue weighted by atomic mass is 32.2. The molecular weight excluding hydrogens is 1240 g/mol. The van der Waals surface area contributed by atoms with E-state index in [1.165, 1.54) is 77.0 Å². The van der Waals surface area contributed by atoms with Gasteiger partial charge in [-0.2, -0.15) is 17.2 Å². The van der Waals surface area contributed by atoms with Crippen LogP contribution < -0.4 is 18.9 Å². The van der Waals surface area contributed by atoms with Gasteiger partial charge in [-0.25, -0.2) is 33.7 Å². The van der Waals surface area contributed by atoms with Gasteiger partial charge in [-0.3, -0.25) is 0 Å². The fraction of sp³-hybridized carbons (Fsp3) is 0.571. The maximum absolute atomic E-state index is 15.0. The molecule has 0 atom stereocenters. The molecule has 496 valence electrons. The van der Waals surface area contributed by atoms with Gasteiger partial charge in [0.1, 0.15) is 49.4 Å². The first-order valence-electron chi connectivity index (χ1n) is 28.1. The number of ether oxygens (including phenoxy) is 8. The lowest BCUT2D eigenvalue weighted by atomic mass is 9.91. The lowest BCUT2D eigenvalue weighted by Gasteiger charge is -2.27. The minimum Gasteiger partial charge on any atom is -0.491 e. The highest BCUT2D eigenvalue weighted by molar-refractivity contribution is 7.90. The van der Waals surface area contributed by atoms with Gasteiger partial charge in [0, 0.05) is 151 Å². The van der Waals surface area contributed by atoms with Crippen molar-refractivity contribution in [2.24, 2.45) is 0 Å². The molecular formula is C56H84N4O24S4. The summed E-state index contributed by atoms with van der Waals surface area (Å²) in [5.41, 5.74) is 0.345. The van der Waals surface area contributed by atoms with Gasteiger partial charge in [0.05, 0.1) is 98.9 Å². The van der Waals surface area contributed by atoms with E-state index >= 15 is 33.7 Å². The molecule has 8 bridgehead atoms. The zero-order valence-electron chi connectivity index (χ0n) is 49.9. The maximum Gasteiger partial charge on any atom is 0.243 e. The number of hydrogen-bond donors (Lipinski definition) is 8. The molecule has 4 aromatic rings. The molecule has 0 radical (unpaired) electrons. The van der Waals surface area contributed by atoms with E-state index in [2.05, 4.69) is 0 Å². The zero-order chi connectivity index (χ0) is 64.7. The van der Waals surface area contributed by atoms with E-state index in [9.17, 15) is 40.9 Å². The van der Waals surface area contributed by atoms with Gasteiger partial charge < -0.3 is 78.7 Å². The molecule has 0 aromatic heterocycles. The Balaban J connectivity index is 2.21. The van der Waals surface area contributed by atoms with E-state index in [1.807, 2.05) is 0 Å². The minimum atomic E-state index is -4.73. The smallest absolute Gasteiger partial charge is 0.243 e. The normalized spacial score (nSPS) is 13.3. The van der Waals surface area contributed by atoms with Gasteiger partial charge in [-0.15, -0.1) is 0 Å². The van der Waals surface area contributed by atoms with Crippen molar-refractivity contribution in [2.75, 3.05) is 187 Å². The first-order valence-corrected chi connectivity index (χ1v) is 33.9. The second-order valence-corrected chi connectivity index (χ2v) is 27.5. The number of rotatable bonds is 40. The van der Waals surface area contributed by atoms with Crippen LogP contribution in [0, 0.1) is 0 Å². The van der Waals surface area contributed by atoms with Crippen LogP contribution >= 0.6 is 0 Å². The summed E-state index contributed by atoms with van der Waals surface area (Å²) in [6.07, 6.45) is -1.83. The van der Waals surface area contributed by atoms with Crippen LogP contribution in [0.25, 0.3) is 0 Å². The summed E-state index contributed by atoms with van der Waals surface area (Å²) in [7, 11) is -13.3. The van der Waals surface area contributed by atoms with Crippen LogP contribution in [-0.2, 0) is 84.7 Å². The van der Waals surface area contributed by atoms with Crippen molar-refractivity contribution in [3.63, 3.8) is 0 Å². The summed E-state index contributed by atoms with van der Waals surface area (Å²) in [5, 5.41) is 81.2. The van der Waals surface area contributed by atoms with Crippen LogP contribution in [0.2, 0.25) is 0 Å². The predicted octanol–water partition coefficient (Wildman–Crippen LogP) is -1.63. The van der Waals surface area contributed by atoms with Crippen molar-refractivity contribution in [3.8, 4) is 23.0 Å². The third-order valence-corrected chi connectivity index (χ3v) is 21.4. The fourth-order valence-corrected chi connectivity index (χ4v) is 16.0. The van der Waals surface area contributed by atoms with Gasteiger partial charge in [-0.05, 0) is 48.5 Å². The Morgan fingerprint density at radius 3 is 0.557 bits per heavy atom. The van der Waals surface area contributed by atoms with E-state index in [-0.39, 0.29) is 120 Å². The van der Waals surface area contributed by atoms with E-state index in [4.69, 9.17) is 37.9 Å². The van der Waals surface area contributed by atoms with E-state index < -0.39 is 191 Å². The number of hydrogen-bond acceptors (Lipinski definition) is 24. The second kappa shape index (κ2) is 35.7. The molecule has 0 fully saturated rings. The zero-order valence-corrected chi connectivity index (χ0v) is 53.2. The molecule has 0 saturated carbocycles. The average molecular weight is 1330 g/mol. The molecule has 4 aromatic carbocycles. The molecule has 88 heavy (non-hydrogen) atoms. The summed E-state index contributed by atoms with van der Waals surface area (Å²) >= 11 is 0.